The molecule has 3 nitrogen and oxygen atoms in total. The van der Waals surface area contributed by atoms with Gasteiger partial charge in [0.15, 0.2) is 5.78 Å². The largest absolute Gasteiger partial charge is 0.462 e. The first kappa shape index (κ1) is 14.8. The van der Waals surface area contributed by atoms with Crippen molar-refractivity contribution in [2.75, 3.05) is 5.75 Å². The minimum atomic E-state index is -0.219. The Morgan fingerprint density at radius 1 is 1.22 bits per heavy atom. The summed E-state index contributed by atoms with van der Waals surface area (Å²) < 4.78 is 5.04. The van der Waals surface area contributed by atoms with E-state index in [1.54, 1.807) is 12.1 Å². The van der Waals surface area contributed by atoms with Crippen LogP contribution in [0.3, 0.4) is 0 Å². The van der Waals surface area contributed by atoms with Gasteiger partial charge >= 0.3 is 5.97 Å². The molecule has 0 heterocycles. The third kappa shape index (κ3) is 4.92. The summed E-state index contributed by atoms with van der Waals surface area (Å²) >= 11 is 1.41. The molecule has 0 aromatic heterocycles. The lowest BCUT2D eigenvalue weighted by molar-refractivity contribution is -0.144. The number of Topliss-reactive ketones (excluding diaryl/α,β-unsaturated/α-hetero) is 1. The van der Waals surface area contributed by atoms with Crippen molar-refractivity contribution in [1.82, 2.24) is 0 Å². The van der Waals surface area contributed by atoms with Crippen molar-refractivity contribution in [2.24, 2.45) is 0 Å². The van der Waals surface area contributed by atoms with Crippen LogP contribution in [0.1, 0.15) is 37.6 Å². The van der Waals surface area contributed by atoms with Crippen LogP contribution in [0.4, 0.5) is 0 Å². The molecule has 0 bridgehead atoms. The van der Waals surface area contributed by atoms with Gasteiger partial charge in [0.2, 0.25) is 0 Å². The monoisotopic (exact) mass is 266 g/mol. The molecule has 0 unspecified atom stereocenters. The summed E-state index contributed by atoms with van der Waals surface area (Å²) in [5.41, 5.74) is 0.714. The molecule has 1 aromatic rings. The minimum absolute atomic E-state index is 0.0809. The Kier molecular flexibility index (Phi) is 5.92. The van der Waals surface area contributed by atoms with Gasteiger partial charge in [-0.25, -0.2) is 0 Å². The Balaban J connectivity index is 2.49. The first-order chi connectivity index (χ1) is 8.52. The molecule has 1 aromatic carbocycles. The van der Waals surface area contributed by atoms with Gasteiger partial charge in [-0.15, -0.1) is 11.8 Å². The predicted molar refractivity (Wildman–Crippen MR) is 73.0 cm³/mol. The van der Waals surface area contributed by atoms with E-state index in [2.05, 4.69) is 0 Å². The number of ketones is 1. The van der Waals surface area contributed by atoms with Crippen LogP contribution in [-0.2, 0) is 9.53 Å². The van der Waals surface area contributed by atoms with E-state index < -0.39 is 0 Å². The molecular weight excluding hydrogens is 248 g/mol. The number of benzene rings is 1. The van der Waals surface area contributed by atoms with Gasteiger partial charge < -0.3 is 4.74 Å². The standard InChI is InChI=1S/C14H18O3S/c1-4-13(15)11-5-7-12(8-6-11)18-9-14(16)17-10(2)3/h5-8,10H,4,9H2,1-3H3. The first-order valence-electron chi connectivity index (χ1n) is 5.98. The lowest BCUT2D eigenvalue weighted by atomic mass is 10.1. The van der Waals surface area contributed by atoms with E-state index in [9.17, 15) is 9.59 Å². The number of esters is 1. The van der Waals surface area contributed by atoms with Crippen molar-refractivity contribution in [1.29, 1.82) is 0 Å². The molecule has 0 saturated carbocycles. The molecule has 98 valence electrons. The summed E-state index contributed by atoms with van der Waals surface area (Å²) in [6, 6.07) is 7.30. The van der Waals surface area contributed by atoms with E-state index in [0.717, 1.165) is 4.90 Å². The summed E-state index contributed by atoms with van der Waals surface area (Å²) in [7, 11) is 0. The maximum atomic E-state index is 11.4. The van der Waals surface area contributed by atoms with Crippen LogP contribution in [-0.4, -0.2) is 23.6 Å². The average molecular weight is 266 g/mol. The molecule has 0 aliphatic carbocycles. The van der Waals surface area contributed by atoms with Crippen LogP contribution in [0.5, 0.6) is 0 Å². The van der Waals surface area contributed by atoms with Gasteiger partial charge in [-0.3, -0.25) is 9.59 Å². The number of ether oxygens (including phenoxy) is 1. The zero-order valence-electron chi connectivity index (χ0n) is 10.9. The Hall–Kier alpha value is -1.29. The molecule has 4 heteroatoms. The number of rotatable bonds is 6. The zero-order valence-corrected chi connectivity index (χ0v) is 11.8. The van der Waals surface area contributed by atoms with Crippen LogP contribution < -0.4 is 0 Å². The summed E-state index contributed by atoms with van der Waals surface area (Å²) in [6.07, 6.45) is 0.426. The molecule has 0 fully saturated rings. The SMILES string of the molecule is CCC(=O)c1ccc(SCC(=O)OC(C)C)cc1. The third-order valence-electron chi connectivity index (χ3n) is 2.22. The van der Waals surface area contributed by atoms with Gasteiger partial charge in [0.1, 0.15) is 0 Å². The summed E-state index contributed by atoms with van der Waals surface area (Å²) in [5, 5.41) is 0. The molecule has 0 spiro atoms. The highest BCUT2D eigenvalue weighted by Gasteiger charge is 2.07. The van der Waals surface area contributed by atoms with Crippen LogP contribution in [0.2, 0.25) is 0 Å². The summed E-state index contributed by atoms with van der Waals surface area (Å²) in [4.78, 5) is 23.7. The maximum absolute atomic E-state index is 11.4. The van der Waals surface area contributed by atoms with Crippen molar-refractivity contribution < 1.29 is 14.3 Å². The van der Waals surface area contributed by atoms with Gasteiger partial charge in [0.05, 0.1) is 11.9 Å². The molecule has 0 radical (unpaired) electrons. The maximum Gasteiger partial charge on any atom is 0.316 e. The van der Waals surface area contributed by atoms with Gasteiger partial charge in [0, 0.05) is 16.9 Å². The second-order valence-corrected chi connectivity index (χ2v) is 5.18. The predicted octanol–water partition coefficient (Wildman–Crippen LogP) is 3.32. The van der Waals surface area contributed by atoms with E-state index in [1.807, 2.05) is 32.9 Å². The minimum Gasteiger partial charge on any atom is -0.462 e. The van der Waals surface area contributed by atoms with Crippen molar-refractivity contribution >= 4 is 23.5 Å². The Labute approximate surface area is 112 Å². The van der Waals surface area contributed by atoms with Gasteiger partial charge in [0.25, 0.3) is 0 Å². The molecule has 0 saturated heterocycles. The van der Waals surface area contributed by atoms with Crippen molar-refractivity contribution in [3.63, 3.8) is 0 Å². The van der Waals surface area contributed by atoms with Crippen LogP contribution in [0.15, 0.2) is 29.2 Å². The first-order valence-corrected chi connectivity index (χ1v) is 6.97. The molecule has 0 amide bonds. The summed E-state index contributed by atoms with van der Waals surface area (Å²) in [6.45, 7) is 5.49. The fourth-order valence-corrected chi connectivity index (χ4v) is 2.06. The second-order valence-electron chi connectivity index (χ2n) is 4.13. The smallest absolute Gasteiger partial charge is 0.316 e. The Morgan fingerprint density at radius 2 is 1.83 bits per heavy atom. The van der Waals surface area contributed by atoms with E-state index >= 15 is 0 Å². The number of thioether (sulfide) groups is 1. The topological polar surface area (TPSA) is 43.4 Å². The fourth-order valence-electron chi connectivity index (χ4n) is 1.38. The van der Waals surface area contributed by atoms with Crippen LogP contribution in [0, 0.1) is 0 Å². The third-order valence-corrected chi connectivity index (χ3v) is 3.21. The average Bonchev–Trinajstić information content (AvgIpc) is 2.35. The number of hydrogen-bond acceptors (Lipinski definition) is 4. The fraction of sp³-hybridized carbons (Fsp3) is 0.429. The van der Waals surface area contributed by atoms with Crippen LogP contribution >= 0.6 is 11.8 Å². The Morgan fingerprint density at radius 3 is 2.33 bits per heavy atom. The zero-order chi connectivity index (χ0) is 13.5. The lowest BCUT2D eigenvalue weighted by Crippen LogP contribution is -2.13. The number of carbonyl (C=O) groups excluding carboxylic acids is 2. The molecule has 0 aliphatic heterocycles. The highest BCUT2D eigenvalue weighted by molar-refractivity contribution is 8.00. The number of hydrogen-bond donors (Lipinski definition) is 0. The summed E-state index contributed by atoms with van der Waals surface area (Å²) in [5.74, 6) is 0.202. The van der Waals surface area contributed by atoms with Gasteiger partial charge in [-0.05, 0) is 26.0 Å². The molecular formula is C14H18O3S. The lowest BCUT2D eigenvalue weighted by Gasteiger charge is -2.07. The van der Waals surface area contributed by atoms with Gasteiger partial charge in [-0.1, -0.05) is 19.1 Å². The molecule has 18 heavy (non-hydrogen) atoms. The molecule has 0 atom stereocenters. The number of carbonyl (C=O) groups is 2. The van der Waals surface area contributed by atoms with E-state index in [4.69, 9.17) is 4.74 Å². The van der Waals surface area contributed by atoms with Gasteiger partial charge in [-0.2, -0.15) is 0 Å². The highest BCUT2D eigenvalue weighted by Crippen LogP contribution is 2.19. The Bertz CT molecular complexity index is 410. The van der Waals surface area contributed by atoms with Crippen molar-refractivity contribution in [3.05, 3.63) is 29.8 Å². The van der Waals surface area contributed by atoms with Crippen molar-refractivity contribution in [2.45, 2.75) is 38.2 Å². The van der Waals surface area contributed by atoms with Crippen LogP contribution in [0.25, 0.3) is 0 Å². The quantitative estimate of drug-likeness (QED) is 0.450. The second kappa shape index (κ2) is 7.21. The normalized spacial score (nSPS) is 10.4. The molecule has 0 aliphatic rings. The van der Waals surface area contributed by atoms with E-state index in [0.29, 0.717) is 17.7 Å². The van der Waals surface area contributed by atoms with E-state index in [1.165, 1.54) is 11.8 Å². The van der Waals surface area contributed by atoms with E-state index in [-0.39, 0.29) is 17.9 Å². The van der Waals surface area contributed by atoms with Crippen molar-refractivity contribution in [3.8, 4) is 0 Å². The molecule has 1 rings (SSSR count). The highest BCUT2D eigenvalue weighted by atomic mass is 32.2. The molecule has 0 N–H and O–H groups in total.